The average molecular weight is 373 g/mol. The summed E-state index contributed by atoms with van der Waals surface area (Å²) in [5.41, 5.74) is 0. The predicted molar refractivity (Wildman–Crippen MR) is 104 cm³/mol. The Kier molecular flexibility index (Phi) is 9.42. The van der Waals surface area contributed by atoms with E-state index in [1.54, 1.807) is 0 Å². The standard InChI is InChI=1S/C20H40O4Si/c1-5-7-9-11-17-13-21-19(17)15-23-25(3,4)24-16-20-18(14-22-20)12-10-8-6-2/h17-20H,5-16H2,1-4H3. The van der Waals surface area contributed by atoms with E-state index in [4.69, 9.17) is 18.3 Å². The third kappa shape index (κ3) is 7.29. The average Bonchev–Trinajstić information content (AvgIpc) is 2.53. The summed E-state index contributed by atoms with van der Waals surface area (Å²) in [4.78, 5) is 0. The molecule has 0 aliphatic carbocycles. The first kappa shape index (κ1) is 21.4. The molecular weight excluding hydrogens is 332 g/mol. The molecule has 0 saturated carbocycles. The highest BCUT2D eigenvalue weighted by Crippen LogP contribution is 2.29. The van der Waals surface area contributed by atoms with E-state index in [9.17, 15) is 0 Å². The molecule has 4 atom stereocenters. The Morgan fingerprint density at radius 2 is 1.20 bits per heavy atom. The molecular formula is C20H40O4Si. The minimum atomic E-state index is -2.09. The molecule has 4 nitrogen and oxygen atoms in total. The van der Waals surface area contributed by atoms with Gasteiger partial charge in [-0.15, -0.1) is 0 Å². The Bertz CT molecular complexity index is 332. The molecule has 2 saturated heterocycles. The largest absolute Gasteiger partial charge is 0.392 e. The van der Waals surface area contributed by atoms with Crippen LogP contribution in [0.5, 0.6) is 0 Å². The maximum absolute atomic E-state index is 6.16. The molecule has 25 heavy (non-hydrogen) atoms. The van der Waals surface area contributed by atoms with Crippen molar-refractivity contribution in [3.8, 4) is 0 Å². The molecule has 2 aliphatic heterocycles. The highest BCUT2D eigenvalue weighted by Gasteiger charge is 2.37. The fourth-order valence-corrected chi connectivity index (χ4v) is 4.78. The Hall–Kier alpha value is 0.0569. The van der Waals surface area contributed by atoms with Gasteiger partial charge >= 0.3 is 8.56 Å². The second-order valence-corrected chi connectivity index (χ2v) is 11.7. The van der Waals surface area contributed by atoms with Gasteiger partial charge < -0.3 is 18.3 Å². The van der Waals surface area contributed by atoms with E-state index >= 15 is 0 Å². The van der Waals surface area contributed by atoms with Crippen molar-refractivity contribution < 1.29 is 18.3 Å². The van der Waals surface area contributed by atoms with Crippen LogP contribution in [-0.2, 0) is 18.3 Å². The fourth-order valence-electron chi connectivity index (χ4n) is 3.56. The summed E-state index contributed by atoms with van der Waals surface area (Å²) in [5, 5.41) is 0. The first-order chi connectivity index (χ1) is 12.1. The molecule has 4 unspecified atom stereocenters. The van der Waals surface area contributed by atoms with Crippen molar-refractivity contribution >= 4 is 8.56 Å². The number of unbranched alkanes of at least 4 members (excludes halogenated alkanes) is 4. The summed E-state index contributed by atoms with van der Waals surface area (Å²) in [7, 11) is -2.09. The van der Waals surface area contributed by atoms with Crippen LogP contribution in [0.3, 0.4) is 0 Å². The molecule has 2 aliphatic rings. The number of rotatable bonds is 14. The summed E-state index contributed by atoms with van der Waals surface area (Å²) in [6.07, 6.45) is 11.0. The minimum absolute atomic E-state index is 0.286. The van der Waals surface area contributed by atoms with Crippen LogP contribution >= 0.6 is 0 Å². The highest BCUT2D eigenvalue weighted by atomic mass is 28.4. The van der Waals surface area contributed by atoms with Gasteiger partial charge in [0.15, 0.2) is 0 Å². The number of hydrogen-bond donors (Lipinski definition) is 0. The highest BCUT2D eigenvalue weighted by molar-refractivity contribution is 6.64. The second-order valence-electron chi connectivity index (χ2n) is 8.28. The van der Waals surface area contributed by atoms with Gasteiger partial charge in [-0.3, -0.25) is 0 Å². The van der Waals surface area contributed by atoms with Crippen LogP contribution in [0.2, 0.25) is 13.1 Å². The third-order valence-corrected chi connectivity index (χ3v) is 7.37. The number of hydrogen-bond acceptors (Lipinski definition) is 4. The zero-order chi connectivity index (χ0) is 18.1. The van der Waals surface area contributed by atoms with E-state index in [2.05, 4.69) is 26.9 Å². The lowest BCUT2D eigenvalue weighted by atomic mass is 9.92. The van der Waals surface area contributed by atoms with E-state index in [0.29, 0.717) is 25.0 Å². The monoisotopic (exact) mass is 372 g/mol. The topological polar surface area (TPSA) is 36.9 Å². The smallest absolute Gasteiger partial charge is 0.331 e. The molecule has 0 radical (unpaired) electrons. The van der Waals surface area contributed by atoms with E-state index in [0.717, 1.165) is 13.2 Å². The van der Waals surface area contributed by atoms with Gasteiger partial charge in [0.05, 0.1) is 38.6 Å². The summed E-state index contributed by atoms with van der Waals surface area (Å²) < 4.78 is 23.8. The Morgan fingerprint density at radius 3 is 1.52 bits per heavy atom. The summed E-state index contributed by atoms with van der Waals surface area (Å²) >= 11 is 0. The minimum Gasteiger partial charge on any atom is -0.392 e. The molecule has 2 fully saturated rings. The van der Waals surface area contributed by atoms with Gasteiger partial charge in [-0.05, 0) is 25.9 Å². The van der Waals surface area contributed by atoms with Gasteiger partial charge in [-0.25, -0.2) is 0 Å². The summed E-state index contributed by atoms with van der Waals surface area (Å²) in [5.74, 6) is 1.38. The first-order valence-corrected chi connectivity index (χ1v) is 13.4. The summed E-state index contributed by atoms with van der Waals surface area (Å²) in [6, 6.07) is 0. The lowest BCUT2D eigenvalue weighted by Gasteiger charge is -2.40. The molecule has 0 N–H and O–H groups in total. The molecule has 0 bridgehead atoms. The van der Waals surface area contributed by atoms with Crippen LogP contribution in [0.15, 0.2) is 0 Å². The fraction of sp³-hybridized carbons (Fsp3) is 1.00. The van der Waals surface area contributed by atoms with Crippen LogP contribution in [-0.4, -0.2) is 47.2 Å². The van der Waals surface area contributed by atoms with Crippen molar-refractivity contribution in [2.75, 3.05) is 26.4 Å². The quantitative estimate of drug-likeness (QED) is 0.321. The van der Waals surface area contributed by atoms with Crippen LogP contribution in [0.25, 0.3) is 0 Å². The van der Waals surface area contributed by atoms with Crippen molar-refractivity contribution in [1.29, 1.82) is 0 Å². The molecule has 0 aromatic rings. The third-order valence-electron chi connectivity index (χ3n) is 5.65. The lowest BCUT2D eigenvalue weighted by molar-refractivity contribution is -0.146. The van der Waals surface area contributed by atoms with Gasteiger partial charge in [0.1, 0.15) is 0 Å². The van der Waals surface area contributed by atoms with Crippen LogP contribution < -0.4 is 0 Å². The van der Waals surface area contributed by atoms with E-state index in [1.165, 1.54) is 51.4 Å². The van der Waals surface area contributed by atoms with Crippen molar-refractivity contribution in [3.05, 3.63) is 0 Å². The van der Waals surface area contributed by atoms with E-state index < -0.39 is 8.56 Å². The SMILES string of the molecule is CCCCCC1COC1CO[Si](C)(C)OCC1OCC1CCCCC. The molecule has 0 aromatic heterocycles. The molecule has 2 heterocycles. The molecule has 148 valence electrons. The van der Waals surface area contributed by atoms with Crippen molar-refractivity contribution in [2.45, 2.75) is 90.5 Å². The van der Waals surface area contributed by atoms with Crippen molar-refractivity contribution in [3.63, 3.8) is 0 Å². The van der Waals surface area contributed by atoms with Crippen molar-refractivity contribution in [2.24, 2.45) is 11.8 Å². The Morgan fingerprint density at radius 1 is 0.760 bits per heavy atom. The normalized spacial score (nSPS) is 29.3. The van der Waals surface area contributed by atoms with Gasteiger partial charge in [0.2, 0.25) is 0 Å². The number of ether oxygens (including phenoxy) is 2. The Balaban J connectivity index is 1.58. The van der Waals surface area contributed by atoms with Gasteiger partial charge in [0, 0.05) is 11.8 Å². The second kappa shape index (κ2) is 11.0. The van der Waals surface area contributed by atoms with Gasteiger partial charge in [-0.1, -0.05) is 52.4 Å². The molecule has 0 aromatic carbocycles. The van der Waals surface area contributed by atoms with E-state index in [1.807, 2.05) is 0 Å². The van der Waals surface area contributed by atoms with Gasteiger partial charge in [0.25, 0.3) is 0 Å². The maximum atomic E-state index is 6.16. The molecule has 0 spiro atoms. The zero-order valence-electron chi connectivity index (χ0n) is 16.9. The van der Waals surface area contributed by atoms with Gasteiger partial charge in [-0.2, -0.15) is 0 Å². The maximum Gasteiger partial charge on any atom is 0.331 e. The molecule has 5 heteroatoms. The Labute approximate surface area is 156 Å². The van der Waals surface area contributed by atoms with Crippen LogP contribution in [0.1, 0.15) is 65.2 Å². The zero-order valence-corrected chi connectivity index (χ0v) is 17.9. The lowest BCUT2D eigenvalue weighted by Crippen LogP contribution is -2.49. The molecule has 0 amide bonds. The van der Waals surface area contributed by atoms with Crippen molar-refractivity contribution in [1.82, 2.24) is 0 Å². The van der Waals surface area contributed by atoms with Crippen LogP contribution in [0, 0.1) is 11.8 Å². The predicted octanol–water partition coefficient (Wildman–Crippen LogP) is 4.91. The van der Waals surface area contributed by atoms with Crippen LogP contribution in [0.4, 0.5) is 0 Å². The molecule has 2 rings (SSSR count). The summed E-state index contributed by atoms with van der Waals surface area (Å²) in [6.45, 7) is 12.0. The first-order valence-electron chi connectivity index (χ1n) is 10.6. The van der Waals surface area contributed by atoms with E-state index in [-0.39, 0.29) is 12.2 Å².